The zero-order valence-corrected chi connectivity index (χ0v) is 18.2. The third-order valence-electron chi connectivity index (χ3n) is 4.99. The Labute approximate surface area is 179 Å². The summed E-state index contributed by atoms with van der Waals surface area (Å²) >= 11 is 1.17. The van der Waals surface area contributed by atoms with Gasteiger partial charge in [0.25, 0.3) is 10.0 Å². The number of carbonyl (C=O) groups is 2. The number of nitrogens with two attached hydrogens (primary N) is 1. The van der Waals surface area contributed by atoms with Crippen LogP contribution < -0.4 is 15.2 Å². The van der Waals surface area contributed by atoms with E-state index in [0.29, 0.717) is 43.8 Å². The number of hydrogen-bond donors (Lipinski definition) is 2. The Hall–Kier alpha value is -2.66. The van der Waals surface area contributed by atoms with Crippen molar-refractivity contribution in [3.8, 4) is 5.75 Å². The zero-order chi connectivity index (χ0) is 21.7. The molecule has 0 spiro atoms. The first-order valence-corrected chi connectivity index (χ1v) is 11.8. The second-order valence-corrected chi connectivity index (χ2v) is 9.52. The Bertz CT molecular complexity index is 996. The van der Waals surface area contributed by atoms with Crippen LogP contribution in [0.2, 0.25) is 0 Å². The minimum Gasteiger partial charge on any atom is -0.497 e. The van der Waals surface area contributed by atoms with Crippen LogP contribution in [0.3, 0.4) is 0 Å². The number of ether oxygens (including phenoxy) is 1. The monoisotopic (exact) mass is 452 g/mol. The Morgan fingerprint density at radius 1 is 1.27 bits per heavy atom. The first-order valence-electron chi connectivity index (χ1n) is 9.47. The van der Waals surface area contributed by atoms with Gasteiger partial charge in [0, 0.05) is 30.8 Å². The first kappa shape index (κ1) is 22.0. The van der Waals surface area contributed by atoms with Crippen molar-refractivity contribution >= 4 is 38.3 Å². The van der Waals surface area contributed by atoms with Crippen LogP contribution in [-0.4, -0.2) is 50.3 Å². The number of anilines is 1. The fraction of sp³-hybridized carbons (Fsp3) is 0.421. The second-order valence-electron chi connectivity index (χ2n) is 6.98. The fourth-order valence-electron chi connectivity index (χ4n) is 3.20. The number of methoxy groups -OCH3 is 1. The van der Waals surface area contributed by atoms with Crippen LogP contribution in [0.25, 0.3) is 0 Å². The standard InChI is InChI=1S/C19H24N4O5S2/c1-28-15-3-5-16(6-4-15)30(26,27)22-19-21-14(12-29-19)2-7-17(24)23-10-8-13(9-11-23)18(20)25/h3-6,12-13H,2,7-11H2,1H3,(H2,20,25)(H,21,22). The summed E-state index contributed by atoms with van der Waals surface area (Å²) in [5.41, 5.74) is 5.96. The number of aromatic nitrogens is 1. The highest BCUT2D eigenvalue weighted by atomic mass is 32.2. The Morgan fingerprint density at radius 2 is 1.93 bits per heavy atom. The predicted molar refractivity (Wildman–Crippen MR) is 113 cm³/mol. The van der Waals surface area contributed by atoms with Crippen molar-refractivity contribution < 1.29 is 22.7 Å². The van der Waals surface area contributed by atoms with Crippen molar-refractivity contribution in [2.24, 2.45) is 11.7 Å². The van der Waals surface area contributed by atoms with Crippen LogP contribution >= 0.6 is 11.3 Å². The molecular formula is C19H24N4O5S2. The van der Waals surface area contributed by atoms with E-state index >= 15 is 0 Å². The highest BCUT2D eigenvalue weighted by Crippen LogP contribution is 2.23. The van der Waals surface area contributed by atoms with E-state index in [1.165, 1.54) is 30.6 Å². The summed E-state index contributed by atoms with van der Waals surface area (Å²) in [6.45, 7) is 1.05. The molecular weight excluding hydrogens is 428 g/mol. The van der Waals surface area contributed by atoms with E-state index in [0.717, 1.165) is 0 Å². The van der Waals surface area contributed by atoms with Crippen LogP contribution in [-0.2, 0) is 26.0 Å². The molecule has 0 atom stereocenters. The highest BCUT2D eigenvalue weighted by molar-refractivity contribution is 7.93. The summed E-state index contributed by atoms with van der Waals surface area (Å²) in [6, 6.07) is 6.05. The number of likely N-dealkylation sites (tertiary alicyclic amines) is 1. The number of thiazole rings is 1. The number of nitrogens with zero attached hydrogens (tertiary/aromatic N) is 2. The molecule has 0 unspecified atom stereocenters. The molecule has 0 bridgehead atoms. The van der Waals surface area contributed by atoms with Gasteiger partial charge in [-0.25, -0.2) is 13.4 Å². The summed E-state index contributed by atoms with van der Waals surface area (Å²) in [7, 11) is -2.25. The van der Waals surface area contributed by atoms with Gasteiger partial charge in [-0.05, 0) is 43.5 Å². The van der Waals surface area contributed by atoms with E-state index in [2.05, 4.69) is 9.71 Å². The van der Waals surface area contributed by atoms with Crippen molar-refractivity contribution in [3.05, 3.63) is 35.3 Å². The molecule has 162 valence electrons. The van der Waals surface area contributed by atoms with Gasteiger partial charge in [-0.3, -0.25) is 14.3 Å². The van der Waals surface area contributed by atoms with E-state index < -0.39 is 10.0 Å². The fourth-order valence-corrected chi connectivity index (χ4v) is 5.20. The normalized spacial score (nSPS) is 15.0. The molecule has 1 fully saturated rings. The highest BCUT2D eigenvalue weighted by Gasteiger charge is 2.25. The van der Waals surface area contributed by atoms with E-state index in [1.807, 2.05) is 0 Å². The number of primary amides is 1. The van der Waals surface area contributed by atoms with Crippen LogP contribution in [0.4, 0.5) is 5.13 Å². The predicted octanol–water partition coefficient (Wildman–Crippen LogP) is 1.61. The number of amides is 2. The molecule has 2 heterocycles. The number of aryl methyl sites for hydroxylation is 1. The second kappa shape index (κ2) is 9.43. The van der Waals surface area contributed by atoms with Gasteiger partial charge in [0.1, 0.15) is 5.75 Å². The number of sulfonamides is 1. The Morgan fingerprint density at radius 3 is 2.53 bits per heavy atom. The van der Waals surface area contributed by atoms with E-state index in [-0.39, 0.29) is 34.2 Å². The van der Waals surface area contributed by atoms with Crippen LogP contribution in [0, 0.1) is 5.92 Å². The molecule has 1 saturated heterocycles. The van der Waals surface area contributed by atoms with Crippen LogP contribution in [0.1, 0.15) is 25.0 Å². The van der Waals surface area contributed by atoms with Gasteiger partial charge in [-0.2, -0.15) is 0 Å². The van der Waals surface area contributed by atoms with Crippen molar-refractivity contribution in [1.82, 2.24) is 9.88 Å². The maximum atomic E-state index is 12.5. The van der Waals surface area contributed by atoms with E-state index in [9.17, 15) is 18.0 Å². The van der Waals surface area contributed by atoms with Crippen molar-refractivity contribution in [2.45, 2.75) is 30.6 Å². The number of nitrogens with one attached hydrogen (secondary N) is 1. The Balaban J connectivity index is 1.52. The molecule has 1 aromatic carbocycles. The van der Waals surface area contributed by atoms with Gasteiger partial charge in [0.05, 0.1) is 17.7 Å². The SMILES string of the molecule is COc1ccc(S(=O)(=O)Nc2nc(CCC(=O)N3CCC(C(N)=O)CC3)cs2)cc1. The third-order valence-corrected chi connectivity index (χ3v) is 7.28. The molecule has 9 nitrogen and oxygen atoms in total. The van der Waals surface area contributed by atoms with Crippen molar-refractivity contribution in [3.63, 3.8) is 0 Å². The lowest BCUT2D eigenvalue weighted by atomic mass is 9.96. The van der Waals surface area contributed by atoms with Gasteiger partial charge in [-0.15, -0.1) is 11.3 Å². The summed E-state index contributed by atoms with van der Waals surface area (Å²) in [6.07, 6.45) is 1.87. The minimum atomic E-state index is -3.76. The molecule has 0 saturated carbocycles. The van der Waals surface area contributed by atoms with Gasteiger partial charge in [-0.1, -0.05) is 0 Å². The van der Waals surface area contributed by atoms with Crippen molar-refractivity contribution in [2.75, 3.05) is 24.9 Å². The maximum Gasteiger partial charge on any atom is 0.263 e. The summed E-state index contributed by atoms with van der Waals surface area (Å²) in [5.74, 6) is 0.0864. The lowest BCUT2D eigenvalue weighted by Crippen LogP contribution is -2.41. The molecule has 2 amide bonds. The molecule has 0 radical (unpaired) electrons. The van der Waals surface area contributed by atoms with Crippen LogP contribution in [0.5, 0.6) is 5.75 Å². The number of piperidine rings is 1. The molecule has 11 heteroatoms. The number of benzene rings is 1. The minimum absolute atomic E-state index is 0.00807. The summed E-state index contributed by atoms with van der Waals surface area (Å²) in [5, 5.41) is 1.98. The summed E-state index contributed by atoms with van der Waals surface area (Å²) in [4.78, 5) is 29.7. The van der Waals surface area contributed by atoms with Gasteiger partial charge in [0.2, 0.25) is 11.8 Å². The maximum absolute atomic E-state index is 12.5. The molecule has 3 N–H and O–H groups in total. The lowest BCUT2D eigenvalue weighted by Gasteiger charge is -2.30. The molecule has 1 aliphatic rings. The average molecular weight is 453 g/mol. The topological polar surface area (TPSA) is 132 Å². The van der Waals surface area contributed by atoms with Gasteiger partial charge in [0.15, 0.2) is 5.13 Å². The molecule has 0 aliphatic carbocycles. The molecule has 30 heavy (non-hydrogen) atoms. The van der Waals surface area contributed by atoms with Gasteiger partial charge >= 0.3 is 0 Å². The number of hydrogen-bond acceptors (Lipinski definition) is 7. The first-order chi connectivity index (χ1) is 14.3. The average Bonchev–Trinajstić information content (AvgIpc) is 3.18. The quantitative estimate of drug-likeness (QED) is 0.625. The zero-order valence-electron chi connectivity index (χ0n) is 16.5. The molecule has 1 aromatic heterocycles. The molecule has 3 rings (SSSR count). The number of carbonyl (C=O) groups excluding carboxylic acids is 2. The van der Waals surface area contributed by atoms with Crippen LogP contribution in [0.15, 0.2) is 34.5 Å². The van der Waals surface area contributed by atoms with Crippen molar-refractivity contribution in [1.29, 1.82) is 0 Å². The third kappa shape index (κ3) is 5.48. The van der Waals surface area contributed by atoms with E-state index in [4.69, 9.17) is 10.5 Å². The lowest BCUT2D eigenvalue weighted by molar-refractivity contribution is -0.134. The molecule has 1 aliphatic heterocycles. The largest absolute Gasteiger partial charge is 0.497 e. The Kier molecular flexibility index (Phi) is 6.93. The number of rotatable bonds is 8. The summed E-state index contributed by atoms with van der Waals surface area (Å²) < 4.78 is 32.4. The van der Waals surface area contributed by atoms with Gasteiger partial charge < -0.3 is 15.4 Å². The molecule has 2 aromatic rings. The smallest absolute Gasteiger partial charge is 0.263 e. The van der Waals surface area contributed by atoms with E-state index in [1.54, 1.807) is 22.4 Å².